The molecule has 0 radical (unpaired) electrons. The summed E-state index contributed by atoms with van der Waals surface area (Å²) in [6.45, 7) is 7.82. The van der Waals surface area contributed by atoms with Crippen LogP contribution in [-0.4, -0.2) is 24.9 Å². The van der Waals surface area contributed by atoms with Crippen molar-refractivity contribution in [2.45, 2.75) is 20.1 Å². The van der Waals surface area contributed by atoms with Gasteiger partial charge in [0.25, 0.3) is 0 Å². The van der Waals surface area contributed by atoms with Crippen molar-refractivity contribution < 1.29 is 19.3 Å². The Kier molecular flexibility index (Phi) is 9.62. The van der Waals surface area contributed by atoms with E-state index in [9.17, 15) is 5.11 Å². The molecule has 0 heterocycles. The van der Waals surface area contributed by atoms with Crippen LogP contribution in [0.5, 0.6) is 0 Å². The standard InChI is InChI=1S/C18H22N2O4/c1-15(2)12-22-9-5-6-10-23-13-16-7-3-4-8-17(16)14-24-18(21)11-20-19/h3-8,11H,1,9-10,12-14H2,2H3/p+1/b6-5-,18-11+. The van der Waals surface area contributed by atoms with Gasteiger partial charge in [0.15, 0.2) is 4.98 Å². The summed E-state index contributed by atoms with van der Waals surface area (Å²) < 4.78 is 16.0. The molecule has 0 spiro atoms. The molecule has 1 aromatic rings. The highest BCUT2D eigenvalue weighted by Crippen LogP contribution is 2.13. The lowest BCUT2D eigenvalue weighted by atomic mass is 10.1. The molecule has 0 saturated carbocycles. The molecule has 0 saturated heterocycles. The molecule has 1 aromatic carbocycles. The van der Waals surface area contributed by atoms with E-state index in [4.69, 9.17) is 19.6 Å². The maximum atomic E-state index is 9.28. The lowest BCUT2D eigenvalue weighted by Gasteiger charge is -2.09. The minimum atomic E-state index is -0.453. The molecule has 0 unspecified atom stereocenters. The van der Waals surface area contributed by atoms with E-state index < -0.39 is 5.95 Å². The van der Waals surface area contributed by atoms with Gasteiger partial charge in [0.2, 0.25) is 5.39 Å². The van der Waals surface area contributed by atoms with Crippen LogP contribution in [0.2, 0.25) is 0 Å². The summed E-state index contributed by atoms with van der Waals surface area (Å²) in [5.41, 5.74) is 2.83. The van der Waals surface area contributed by atoms with E-state index in [0.717, 1.165) is 22.9 Å². The average Bonchev–Trinajstić information content (AvgIpc) is 2.56. The highest BCUT2D eigenvalue weighted by molar-refractivity contribution is 5.26. The summed E-state index contributed by atoms with van der Waals surface area (Å²) in [6, 6.07) is 7.58. The molecule has 128 valence electrons. The van der Waals surface area contributed by atoms with Gasteiger partial charge in [-0.15, -0.1) is 0 Å². The van der Waals surface area contributed by atoms with Gasteiger partial charge in [0.05, 0.1) is 26.4 Å². The number of aliphatic hydroxyl groups is 1. The molecule has 1 rings (SSSR count). The summed E-state index contributed by atoms with van der Waals surface area (Å²) in [6.07, 6.45) is 4.62. The molecule has 0 atom stereocenters. The Balaban J connectivity index is 2.35. The quantitative estimate of drug-likeness (QED) is 0.286. The second-order valence-corrected chi connectivity index (χ2v) is 5.10. The number of ether oxygens (including phenoxy) is 3. The third kappa shape index (κ3) is 8.73. The Morgan fingerprint density at radius 1 is 1.17 bits per heavy atom. The molecule has 0 aliphatic rings. The molecule has 0 aliphatic carbocycles. The Hall–Kier alpha value is -2.62. The van der Waals surface area contributed by atoms with Gasteiger partial charge in [0.1, 0.15) is 6.61 Å². The Morgan fingerprint density at radius 2 is 1.79 bits per heavy atom. The first-order chi connectivity index (χ1) is 11.6. The maximum Gasteiger partial charge on any atom is 0.429 e. The van der Waals surface area contributed by atoms with Crippen LogP contribution in [0.3, 0.4) is 0 Å². The van der Waals surface area contributed by atoms with Crippen molar-refractivity contribution in [3.8, 4) is 0 Å². The van der Waals surface area contributed by atoms with Crippen molar-refractivity contribution in [2.75, 3.05) is 19.8 Å². The van der Waals surface area contributed by atoms with Crippen LogP contribution in [0.15, 0.2) is 60.7 Å². The van der Waals surface area contributed by atoms with Crippen LogP contribution in [0.4, 0.5) is 0 Å². The first-order valence-electron chi connectivity index (χ1n) is 7.51. The highest BCUT2D eigenvalue weighted by atomic mass is 16.6. The SMILES string of the molecule is C=C(C)COC/C=C\COCc1ccccc1CO/C(O)=C/[N+]#N. The zero-order chi connectivity index (χ0) is 17.6. The fourth-order valence-corrected chi connectivity index (χ4v) is 1.75. The molecule has 0 fully saturated rings. The lowest BCUT2D eigenvalue weighted by molar-refractivity contribution is 0.0806. The predicted octanol–water partition coefficient (Wildman–Crippen LogP) is 4.08. The normalized spacial score (nSPS) is 11.4. The number of aliphatic hydroxyl groups excluding tert-OH is 1. The minimum Gasteiger partial charge on any atom is -0.476 e. The zero-order valence-electron chi connectivity index (χ0n) is 13.9. The van der Waals surface area contributed by atoms with Gasteiger partial charge in [-0.2, -0.15) is 0 Å². The van der Waals surface area contributed by atoms with Crippen LogP contribution < -0.4 is 0 Å². The molecule has 0 bridgehead atoms. The average molecular weight is 331 g/mol. The number of hydrogen-bond donors (Lipinski definition) is 1. The third-order valence-corrected chi connectivity index (χ3v) is 2.86. The van der Waals surface area contributed by atoms with E-state index in [0.29, 0.717) is 26.4 Å². The van der Waals surface area contributed by atoms with Gasteiger partial charge in [-0.1, -0.05) is 48.6 Å². The molecule has 24 heavy (non-hydrogen) atoms. The summed E-state index contributed by atoms with van der Waals surface area (Å²) in [5.74, 6) is -0.453. The number of diazo groups is 1. The minimum absolute atomic E-state index is 0.155. The summed E-state index contributed by atoms with van der Waals surface area (Å²) in [7, 11) is 0. The molecule has 0 aliphatic heterocycles. The molecular formula is C18H23N2O4+. The van der Waals surface area contributed by atoms with E-state index in [1.165, 1.54) is 0 Å². The lowest BCUT2D eigenvalue weighted by Crippen LogP contribution is -2.01. The zero-order valence-corrected chi connectivity index (χ0v) is 13.9. The fourth-order valence-electron chi connectivity index (χ4n) is 1.75. The third-order valence-electron chi connectivity index (χ3n) is 2.86. The van der Waals surface area contributed by atoms with Gasteiger partial charge >= 0.3 is 12.1 Å². The topological polar surface area (TPSA) is 76.1 Å². The summed E-state index contributed by atoms with van der Waals surface area (Å²) >= 11 is 0. The monoisotopic (exact) mass is 331 g/mol. The molecule has 0 aromatic heterocycles. The van der Waals surface area contributed by atoms with Crippen molar-refractivity contribution in [2.24, 2.45) is 0 Å². The van der Waals surface area contributed by atoms with Gasteiger partial charge in [-0.3, -0.25) is 0 Å². The molecule has 6 heteroatoms. The second-order valence-electron chi connectivity index (χ2n) is 5.10. The van der Waals surface area contributed by atoms with Gasteiger partial charge in [0, 0.05) is 0 Å². The van der Waals surface area contributed by atoms with E-state index >= 15 is 0 Å². The number of hydrogen-bond acceptors (Lipinski definition) is 5. The van der Waals surface area contributed by atoms with Crippen LogP contribution >= 0.6 is 0 Å². The van der Waals surface area contributed by atoms with Gasteiger partial charge in [-0.25, -0.2) is 0 Å². The van der Waals surface area contributed by atoms with Gasteiger partial charge < -0.3 is 19.3 Å². The van der Waals surface area contributed by atoms with Gasteiger partial charge in [-0.05, 0) is 18.1 Å². The van der Waals surface area contributed by atoms with Crippen molar-refractivity contribution in [3.05, 3.63) is 76.8 Å². The smallest absolute Gasteiger partial charge is 0.429 e. The number of benzene rings is 1. The van der Waals surface area contributed by atoms with Crippen molar-refractivity contribution >= 4 is 0 Å². The van der Waals surface area contributed by atoms with E-state index in [1.807, 2.05) is 43.3 Å². The second kappa shape index (κ2) is 11.9. The first kappa shape index (κ1) is 19.4. The molecule has 6 nitrogen and oxygen atoms in total. The van der Waals surface area contributed by atoms with Crippen molar-refractivity contribution in [1.29, 1.82) is 5.39 Å². The predicted molar refractivity (Wildman–Crippen MR) is 91.5 cm³/mol. The van der Waals surface area contributed by atoms with E-state index in [1.54, 1.807) is 0 Å². The maximum absolute atomic E-state index is 9.28. The number of nitrogens with zero attached hydrogens (tertiary/aromatic N) is 2. The van der Waals surface area contributed by atoms with Crippen LogP contribution in [0.1, 0.15) is 18.1 Å². The first-order valence-corrected chi connectivity index (χ1v) is 7.51. The fraction of sp³-hybridized carbons (Fsp3) is 0.333. The van der Waals surface area contributed by atoms with Crippen molar-refractivity contribution in [3.63, 3.8) is 0 Å². The van der Waals surface area contributed by atoms with Crippen LogP contribution in [0.25, 0.3) is 4.98 Å². The van der Waals surface area contributed by atoms with E-state index in [2.05, 4.69) is 11.6 Å². The Labute approximate surface area is 142 Å². The molecule has 1 N–H and O–H groups in total. The molecular weight excluding hydrogens is 308 g/mol. The van der Waals surface area contributed by atoms with Crippen LogP contribution in [-0.2, 0) is 27.4 Å². The van der Waals surface area contributed by atoms with E-state index in [-0.39, 0.29) is 6.61 Å². The Morgan fingerprint density at radius 3 is 2.42 bits per heavy atom. The Bertz CT molecular complexity index is 618. The largest absolute Gasteiger partial charge is 0.476 e. The summed E-state index contributed by atoms with van der Waals surface area (Å²) in [4.78, 5) is 2.69. The molecule has 0 amide bonds. The highest BCUT2D eigenvalue weighted by Gasteiger charge is 2.05. The number of rotatable bonds is 11. The van der Waals surface area contributed by atoms with Crippen LogP contribution in [0, 0.1) is 5.39 Å². The van der Waals surface area contributed by atoms with Crippen molar-refractivity contribution in [1.82, 2.24) is 0 Å². The summed E-state index contributed by atoms with van der Waals surface area (Å²) in [5, 5.41) is 17.6.